The molecule has 1 heterocycles. The average Bonchev–Trinajstić information content (AvgIpc) is 2.95. The fourth-order valence-electron chi connectivity index (χ4n) is 1.49. The largest absolute Gasteiger partial charge is 0.409 e. The summed E-state index contributed by atoms with van der Waals surface area (Å²) in [7, 11) is 0. The minimum atomic E-state index is -0.787. The molecule has 0 aliphatic heterocycles. The molecule has 1 aromatic heterocycles. The number of carbonyl (C=O) groups is 1. The second-order valence-corrected chi connectivity index (χ2v) is 4.45. The lowest BCUT2D eigenvalue weighted by Crippen LogP contribution is -2.40. The molecule has 2 rings (SSSR count). The summed E-state index contributed by atoms with van der Waals surface area (Å²) in [6.45, 7) is 0.378. The molecule has 0 atom stereocenters. The zero-order valence-electron chi connectivity index (χ0n) is 8.51. The third-order valence-corrected chi connectivity index (χ3v) is 3.33. The van der Waals surface area contributed by atoms with E-state index in [0.29, 0.717) is 19.4 Å². The zero-order valence-corrected chi connectivity index (χ0v) is 9.33. The third kappa shape index (κ3) is 1.85. The van der Waals surface area contributed by atoms with E-state index in [1.807, 2.05) is 5.38 Å². The third-order valence-electron chi connectivity index (χ3n) is 2.70. The number of carbonyl (C=O) groups excluding carboxylic acids is 1. The minimum absolute atomic E-state index is 0.0109. The molecule has 0 saturated heterocycles. The molecule has 0 radical (unpaired) electrons. The van der Waals surface area contributed by atoms with E-state index in [9.17, 15) is 4.79 Å². The van der Waals surface area contributed by atoms with Gasteiger partial charge in [0.1, 0.15) is 5.41 Å². The van der Waals surface area contributed by atoms with Gasteiger partial charge in [-0.25, -0.2) is 4.98 Å². The van der Waals surface area contributed by atoms with E-state index in [-0.39, 0.29) is 11.7 Å². The second-order valence-electron chi connectivity index (χ2n) is 3.73. The van der Waals surface area contributed by atoms with Crippen molar-refractivity contribution in [3.05, 3.63) is 16.6 Å². The molecule has 0 aromatic carbocycles. The molecule has 16 heavy (non-hydrogen) atoms. The van der Waals surface area contributed by atoms with Gasteiger partial charge in [-0.2, -0.15) is 0 Å². The number of amides is 1. The predicted molar refractivity (Wildman–Crippen MR) is 59.0 cm³/mol. The van der Waals surface area contributed by atoms with Gasteiger partial charge in [-0.1, -0.05) is 5.16 Å². The molecular formula is C9H12N4O2S. The van der Waals surface area contributed by atoms with E-state index in [0.717, 1.165) is 5.69 Å². The molecule has 0 unspecified atom stereocenters. The Balaban J connectivity index is 1.94. The summed E-state index contributed by atoms with van der Waals surface area (Å²) in [5, 5.41) is 16.1. The standard InChI is InChI=1S/C9H12N4O2S/c10-7(13-15)9(1-2-9)8(14)11-3-6-4-16-5-12-6/h4-5,15H,1-3H2,(H2,10,13)(H,11,14). The highest BCUT2D eigenvalue weighted by Gasteiger charge is 2.54. The van der Waals surface area contributed by atoms with Crippen LogP contribution < -0.4 is 11.1 Å². The van der Waals surface area contributed by atoms with Crippen molar-refractivity contribution in [3.8, 4) is 0 Å². The lowest BCUT2D eigenvalue weighted by molar-refractivity contribution is -0.124. The molecule has 6 nitrogen and oxygen atoms in total. The van der Waals surface area contributed by atoms with Gasteiger partial charge in [-0.3, -0.25) is 4.79 Å². The number of hydrogen-bond acceptors (Lipinski definition) is 5. The van der Waals surface area contributed by atoms with Gasteiger partial charge in [-0.15, -0.1) is 11.3 Å². The fraction of sp³-hybridized carbons (Fsp3) is 0.444. The van der Waals surface area contributed by atoms with Crippen LogP contribution in [0.15, 0.2) is 16.0 Å². The Hall–Kier alpha value is -1.63. The number of nitrogens with zero attached hydrogens (tertiary/aromatic N) is 2. The Morgan fingerprint density at radius 1 is 1.75 bits per heavy atom. The maximum Gasteiger partial charge on any atom is 0.234 e. The lowest BCUT2D eigenvalue weighted by Gasteiger charge is -2.12. The smallest absolute Gasteiger partial charge is 0.234 e. The maximum absolute atomic E-state index is 11.8. The van der Waals surface area contributed by atoms with E-state index >= 15 is 0 Å². The van der Waals surface area contributed by atoms with Crippen LogP contribution in [-0.4, -0.2) is 21.9 Å². The van der Waals surface area contributed by atoms with E-state index in [4.69, 9.17) is 10.9 Å². The first-order chi connectivity index (χ1) is 7.69. The molecule has 1 amide bonds. The van der Waals surface area contributed by atoms with Gasteiger partial charge in [0.05, 0.1) is 17.7 Å². The van der Waals surface area contributed by atoms with Crippen LogP contribution in [0.3, 0.4) is 0 Å². The van der Waals surface area contributed by atoms with E-state index in [2.05, 4.69) is 15.5 Å². The maximum atomic E-state index is 11.8. The van der Waals surface area contributed by atoms with Crippen molar-refractivity contribution < 1.29 is 10.0 Å². The number of nitrogens with two attached hydrogens (primary N) is 1. The summed E-state index contributed by atoms with van der Waals surface area (Å²) in [5.41, 5.74) is 7.22. The molecule has 1 fully saturated rings. The topological polar surface area (TPSA) is 101 Å². The first-order valence-electron chi connectivity index (χ1n) is 4.82. The van der Waals surface area contributed by atoms with E-state index in [1.54, 1.807) is 5.51 Å². The van der Waals surface area contributed by atoms with E-state index < -0.39 is 5.41 Å². The van der Waals surface area contributed by atoms with Crippen LogP contribution in [0.4, 0.5) is 0 Å². The van der Waals surface area contributed by atoms with Crippen molar-refractivity contribution in [3.63, 3.8) is 0 Å². The molecule has 1 aliphatic carbocycles. The van der Waals surface area contributed by atoms with Crippen LogP contribution in [0.1, 0.15) is 18.5 Å². The van der Waals surface area contributed by atoms with Crippen LogP contribution in [-0.2, 0) is 11.3 Å². The first kappa shape index (κ1) is 10.9. The van der Waals surface area contributed by atoms with Crippen molar-refractivity contribution in [2.45, 2.75) is 19.4 Å². The highest BCUT2D eigenvalue weighted by Crippen LogP contribution is 2.46. The highest BCUT2D eigenvalue weighted by atomic mass is 32.1. The van der Waals surface area contributed by atoms with E-state index in [1.165, 1.54) is 11.3 Å². The summed E-state index contributed by atoms with van der Waals surface area (Å²) >= 11 is 1.47. The van der Waals surface area contributed by atoms with Gasteiger partial charge in [0.15, 0.2) is 5.84 Å². The van der Waals surface area contributed by atoms with Gasteiger partial charge < -0.3 is 16.3 Å². The molecular weight excluding hydrogens is 228 g/mol. The van der Waals surface area contributed by atoms with Crippen molar-refractivity contribution in [1.29, 1.82) is 0 Å². The Bertz CT molecular complexity index is 411. The fourth-order valence-corrected chi connectivity index (χ4v) is 2.04. The monoisotopic (exact) mass is 240 g/mol. The van der Waals surface area contributed by atoms with Gasteiger partial charge in [0, 0.05) is 5.38 Å². The summed E-state index contributed by atoms with van der Waals surface area (Å²) < 4.78 is 0. The van der Waals surface area contributed by atoms with Crippen molar-refractivity contribution in [2.24, 2.45) is 16.3 Å². The van der Waals surface area contributed by atoms with Gasteiger partial charge in [0.25, 0.3) is 0 Å². The highest BCUT2D eigenvalue weighted by molar-refractivity contribution is 7.07. The summed E-state index contributed by atoms with van der Waals surface area (Å²) in [6, 6.07) is 0. The first-order valence-corrected chi connectivity index (χ1v) is 5.77. The molecule has 1 saturated carbocycles. The van der Waals surface area contributed by atoms with Crippen LogP contribution in [0.2, 0.25) is 0 Å². The predicted octanol–water partition coefficient (Wildman–Crippen LogP) is 0.286. The number of aromatic nitrogens is 1. The molecule has 86 valence electrons. The van der Waals surface area contributed by atoms with Crippen LogP contribution >= 0.6 is 11.3 Å². The van der Waals surface area contributed by atoms with Crippen molar-refractivity contribution >= 4 is 23.1 Å². The van der Waals surface area contributed by atoms with Crippen LogP contribution in [0, 0.1) is 5.41 Å². The van der Waals surface area contributed by atoms with Crippen molar-refractivity contribution in [2.75, 3.05) is 0 Å². The zero-order chi connectivity index (χ0) is 11.6. The van der Waals surface area contributed by atoms with Crippen LogP contribution in [0.25, 0.3) is 0 Å². The number of amidine groups is 1. The molecule has 4 N–H and O–H groups in total. The molecule has 0 spiro atoms. The second kappa shape index (κ2) is 4.09. The summed E-state index contributed by atoms with van der Waals surface area (Å²) in [6.07, 6.45) is 1.26. The molecule has 7 heteroatoms. The van der Waals surface area contributed by atoms with Crippen molar-refractivity contribution in [1.82, 2.24) is 10.3 Å². The van der Waals surface area contributed by atoms with Gasteiger partial charge in [-0.05, 0) is 12.8 Å². The summed E-state index contributed by atoms with van der Waals surface area (Å²) in [5.74, 6) is -0.209. The molecule has 0 bridgehead atoms. The van der Waals surface area contributed by atoms with Gasteiger partial charge in [0.2, 0.25) is 5.91 Å². The average molecular weight is 240 g/mol. The number of rotatable bonds is 4. The number of hydrogen-bond donors (Lipinski definition) is 3. The number of nitrogens with one attached hydrogen (secondary N) is 1. The SMILES string of the molecule is NC(=NO)C1(C(=O)NCc2cscn2)CC1. The number of oxime groups is 1. The normalized spacial score (nSPS) is 18.1. The minimum Gasteiger partial charge on any atom is -0.409 e. The molecule has 1 aromatic rings. The Labute approximate surface area is 96.2 Å². The Kier molecular flexibility index (Phi) is 2.78. The van der Waals surface area contributed by atoms with Gasteiger partial charge >= 0.3 is 0 Å². The quantitative estimate of drug-likeness (QED) is 0.304. The number of thiazole rings is 1. The summed E-state index contributed by atoms with van der Waals surface area (Å²) in [4.78, 5) is 15.9. The Morgan fingerprint density at radius 2 is 2.50 bits per heavy atom. The molecule has 1 aliphatic rings. The Morgan fingerprint density at radius 3 is 3.00 bits per heavy atom. The van der Waals surface area contributed by atoms with Crippen LogP contribution in [0.5, 0.6) is 0 Å². The lowest BCUT2D eigenvalue weighted by atomic mass is 10.1.